The highest BCUT2D eigenvalue weighted by molar-refractivity contribution is 7.47. The molecule has 0 aliphatic heterocycles. The second-order valence-electron chi connectivity index (χ2n) is 27.6. The van der Waals surface area contributed by atoms with Crippen molar-refractivity contribution in [2.75, 3.05) is 39.6 Å². The van der Waals surface area contributed by atoms with E-state index >= 15 is 0 Å². The van der Waals surface area contributed by atoms with E-state index in [0.717, 1.165) is 95.8 Å². The molecule has 0 saturated carbocycles. The van der Waals surface area contributed by atoms with Crippen LogP contribution in [0.1, 0.15) is 401 Å². The topological polar surface area (TPSA) is 237 Å². The van der Waals surface area contributed by atoms with Gasteiger partial charge in [-0.1, -0.05) is 349 Å². The molecule has 0 amide bonds. The first-order chi connectivity index (χ1) is 46.1. The lowest BCUT2D eigenvalue weighted by molar-refractivity contribution is -0.161. The van der Waals surface area contributed by atoms with Crippen molar-refractivity contribution in [1.29, 1.82) is 0 Å². The van der Waals surface area contributed by atoms with Crippen LogP contribution in [0.3, 0.4) is 0 Å². The van der Waals surface area contributed by atoms with Gasteiger partial charge < -0.3 is 33.8 Å². The maximum atomic E-state index is 13.1. The third kappa shape index (κ3) is 69.0. The Bertz CT molecular complexity index is 1820. The quantitative estimate of drug-likeness (QED) is 0.0222. The van der Waals surface area contributed by atoms with Gasteiger partial charge in [0.05, 0.1) is 26.4 Å². The number of ether oxygens (including phenoxy) is 4. The molecule has 0 aromatic carbocycles. The monoisotopic (exact) mass is 1400 g/mol. The van der Waals surface area contributed by atoms with Crippen molar-refractivity contribution in [2.24, 2.45) is 5.92 Å². The number of unbranched alkanes of at least 4 members (excludes halogenated alkanes) is 47. The molecule has 0 bridgehead atoms. The highest BCUT2D eigenvalue weighted by Gasteiger charge is 2.30. The third-order valence-corrected chi connectivity index (χ3v) is 20.0. The van der Waals surface area contributed by atoms with Gasteiger partial charge in [0.15, 0.2) is 12.2 Å². The van der Waals surface area contributed by atoms with Crippen LogP contribution in [0, 0.1) is 5.92 Å². The van der Waals surface area contributed by atoms with Crippen LogP contribution in [-0.4, -0.2) is 96.7 Å². The molecule has 0 aromatic heterocycles. The number of phosphoric acid groups is 2. The zero-order valence-electron chi connectivity index (χ0n) is 61.8. The molecule has 19 heteroatoms. The van der Waals surface area contributed by atoms with E-state index in [2.05, 4.69) is 34.6 Å². The molecule has 0 aromatic rings. The van der Waals surface area contributed by atoms with Crippen molar-refractivity contribution in [3.63, 3.8) is 0 Å². The molecule has 0 heterocycles. The summed E-state index contributed by atoms with van der Waals surface area (Å²) in [4.78, 5) is 72.8. The lowest BCUT2D eigenvalue weighted by Gasteiger charge is -2.21. The average molecular weight is 1400 g/mol. The van der Waals surface area contributed by atoms with Crippen LogP contribution in [0.2, 0.25) is 0 Å². The van der Waals surface area contributed by atoms with Crippen molar-refractivity contribution >= 4 is 39.5 Å². The standard InChI is InChI=1S/C76H148O17P2/c1-6-10-13-16-19-22-25-27-32-35-40-45-50-55-60-74(79)87-66-72(93-76(81)62-57-52-47-42-37-33-29-28-31-34-38-43-48-53-58-69(5)9-4)68-91-95(84,85)89-64-70(77)63-88-94(82,83)90-67-71(65-86-73(78)59-54-49-44-39-24-21-18-15-12-8-3)92-75(80)61-56-51-46-41-36-30-26-23-20-17-14-11-7-2/h69-72,77H,6-68H2,1-5H3,(H,82,83)(H,84,85)/t69?,70-,71+,72+/m0/s1. The summed E-state index contributed by atoms with van der Waals surface area (Å²) in [7, 11) is -9.91. The van der Waals surface area contributed by atoms with Crippen LogP contribution in [-0.2, 0) is 65.4 Å². The van der Waals surface area contributed by atoms with Crippen LogP contribution in [0.15, 0.2) is 0 Å². The van der Waals surface area contributed by atoms with E-state index in [9.17, 15) is 43.2 Å². The second kappa shape index (κ2) is 69.2. The molecule has 95 heavy (non-hydrogen) atoms. The number of esters is 4. The number of carbonyl (C=O) groups is 4. The number of hydrogen-bond donors (Lipinski definition) is 3. The Morgan fingerprint density at radius 3 is 0.747 bits per heavy atom. The van der Waals surface area contributed by atoms with Gasteiger partial charge in [-0.3, -0.25) is 37.3 Å². The third-order valence-electron chi connectivity index (χ3n) is 18.1. The van der Waals surface area contributed by atoms with Gasteiger partial charge in [0.1, 0.15) is 19.3 Å². The maximum Gasteiger partial charge on any atom is 0.472 e. The fourth-order valence-corrected chi connectivity index (χ4v) is 13.3. The van der Waals surface area contributed by atoms with Crippen molar-refractivity contribution in [1.82, 2.24) is 0 Å². The summed E-state index contributed by atoms with van der Waals surface area (Å²) < 4.78 is 68.5. The summed E-state index contributed by atoms with van der Waals surface area (Å²) in [5.74, 6) is -1.27. The largest absolute Gasteiger partial charge is 0.472 e. The summed E-state index contributed by atoms with van der Waals surface area (Å²) in [5, 5.41) is 10.6. The smallest absolute Gasteiger partial charge is 0.462 e. The molecule has 0 fully saturated rings. The van der Waals surface area contributed by atoms with Gasteiger partial charge in [-0.05, 0) is 31.6 Å². The Morgan fingerprint density at radius 1 is 0.295 bits per heavy atom. The molecule has 0 rings (SSSR count). The average Bonchev–Trinajstić information content (AvgIpc) is 2.79. The number of rotatable bonds is 76. The SMILES string of the molecule is CCCCCCCCCCCCCCCCC(=O)OC[C@H](COP(=O)(O)OC[C@@H](O)COP(=O)(O)OC[C@@H](COC(=O)CCCCCCCCCCCC)OC(=O)CCCCCCCCCCCCCCC)OC(=O)CCCCCCCCCCCCCCCCC(C)CC. The lowest BCUT2D eigenvalue weighted by Crippen LogP contribution is -2.30. The molecular formula is C76H148O17P2. The van der Waals surface area contributed by atoms with Crippen molar-refractivity contribution in [2.45, 2.75) is 419 Å². The molecule has 0 aliphatic rings. The molecular weight excluding hydrogens is 1250 g/mol. The van der Waals surface area contributed by atoms with Gasteiger partial charge in [0, 0.05) is 25.7 Å². The van der Waals surface area contributed by atoms with E-state index in [0.29, 0.717) is 25.7 Å². The van der Waals surface area contributed by atoms with Gasteiger partial charge >= 0.3 is 39.5 Å². The highest BCUT2D eigenvalue weighted by atomic mass is 31.2. The molecule has 17 nitrogen and oxygen atoms in total. The van der Waals surface area contributed by atoms with E-state index in [-0.39, 0.29) is 25.7 Å². The first kappa shape index (κ1) is 93.1. The molecule has 3 unspecified atom stereocenters. The number of phosphoric ester groups is 2. The molecule has 0 radical (unpaired) electrons. The fourth-order valence-electron chi connectivity index (χ4n) is 11.7. The molecule has 3 N–H and O–H groups in total. The maximum absolute atomic E-state index is 13.1. The van der Waals surface area contributed by atoms with Gasteiger partial charge in [-0.2, -0.15) is 0 Å². The summed E-state index contributed by atoms with van der Waals surface area (Å²) >= 11 is 0. The zero-order chi connectivity index (χ0) is 69.8. The van der Waals surface area contributed by atoms with Gasteiger partial charge in [0.25, 0.3) is 0 Å². The van der Waals surface area contributed by atoms with Crippen molar-refractivity contribution in [3.8, 4) is 0 Å². The van der Waals surface area contributed by atoms with E-state index < -0.39 is 97.5 Å². The Kier molecular flexibility index (Phi) is 67.7. The van der Waals surface area contributed by atoms with Crippen LogP contribution in [0.4, 0.5) is 0 Å². The summed E-state index contributed by atoms with van der Waals surface area (Å²) in [6.07, 6.45) is 58.0. The lowest BCUT2D eigenvalue weighted by atomic mass is 9.99. The predicted molar refractivity (Wildman–Crippen MR) is 386 cm³/mol. The van der Waals surface area contributed by atoms with Crippen LogP contribution < -0.4 is 0 Å². The molecule has 0 saturated heterocycles. The van der Waals surface area contributed by atoms with Crippen molar-refractivity contribution < 1.29 is 80.2 Å². The minimum absolute atomic E-state index is 0.108. The number of aliphatic hydroxyl groups excluding tert-OH is 1. The summed E-state index contributed by atoms with van der Waals surface area (Å²) in [6.45, 7) is 7.35. The predicted octanol–water partition coefficient (Wildman–Crippen LogP) is 22.5. The number of aliphatic hydroxyl groups is 1. The minimum Gasteiger partial charge on any atom is -0.462 e. The minimum atomic E-state index is -4.96. The number of carbonyl (C=O) groups excluding carboxylic acids is 4. The Balaban J connectivity index is 5.24. The van der Waals surface area contributed by atoms with Gasteiger partial charge in [-0.15, -0.1) is 0 Å². The summed E-state index contributed by atoms with van der Waals surface area (Å²) in [6, 6.07) is 0. The number of hydrogen-bond acceptors (Lipinski definition) is 15. The van der Waals surface area contributed by atoms with Crippen molar-refractivity contribution in [3.05, 3.63) is 0 Å². The normalized spacial score (nSPS) is 14.2. The van der Waals surface area contributed by atoms with Gasteiger partial charge in [0.2, 0.25) is 0 Å². The van der Waals surface area contributed by atoms with Crippen LogP contribution >= 0.6 is 15.6 Å². The van der Waals surface area contributed by atoms with E-state index in [1.54, 1.807) is 0 Å². The fraction of sp³-hybridized carbons (Fsp3) is 0.947. The Hall–Kier alpha value is -1.94. The zero-order valence-corrected chi connectivity index (χ0v) is 63.6. The molecule has 6 atom stereocenters. The Labute approximate surface area is 581 Å². The Morgan fingerprint density at radius 2 is 0.505 bits per heavy atom. The van der Waals surface area contributed by atoms with E-state index in [1.807, 2.05) is 0 Å². The van der Waals surface area contributed by atoms with Gasteiger partial charge in [-0.25, -0.2) is 9.13 Å². The molecule has 564 valence electrons. The molecule has 0 aliphatic carbocycles. The first-order valence-corrected chi connectivity index (χ1v) is 42.7. The van der Waals surface area contributed by atoms with E-state index in [1.165, 1.54) is 225 Å². The molecule has 0 spiro atoms. The van der Waals surface area contributed by atoms with Crippen LogP contribution in [0.5, 0.6) is 0 Å². The summed E-state index contributed by atoms with van der Waals surface area (Å²) in [5.41, 5.74) is 0. The first-order valence-electron chi connectivity index (χ1n) is 39.7. The van der Waals surface area contributed by atoms with Crippen LogP contribution in [0.25, 0.3) is 0 Å². The highest BCUT2D eigenvalue weighted by Crippen LogP contribution is 2.45. The van der Waals surface area contributed by atoms with E-state index in [4.69, 9.17) is 37.0 Å². The second-order valence-corrected chi connectivity index (χ2v) is 30.5.